The summed E-state index contributed by atoms with van der Waals surface area (Å²) in [4.78, 5) is 0. The van der Waals surface area contributed by atoms with E-state index in [0.29, 0.717) is 6.61 Å². The fourth-order valence-electron chi connectivity index (χ4n) is 8.73. The lowest BCUT2D eigenvalue weighted by molar-refractivity contribution is -0.397. The zero-order valence-corrected chi connectivity index (χ0v) is 38.1. The number of fused-ring (bicyclic) bond motifs is 1. The van der Waals surface area contributed by atoms with Crippen molar-refractivity contribution in [3.63, 3.8) is 0 Å². The highest BCUT2D eigenvalue weighted by molar-refractivity contribution is 5.19. The van der Waals surface area contributed by atoms with Gasteiger partial charge < -0.3 is 52.1 Å². The molecule has 6 aromatic rings. The van der Waals surface area contributed by atoms with Gasteiger partial charge in [-0.3, -0.25) is 0 Å². The molecule has 0 aromatic heterocycles. The van der Waals surface area contributed by atoms with E-state index in [1.54, 1.807) is 6.08 Å². The lowest BCUT2D eigenvalue weighted by Gasteiger charge is -2.51. The lowest BCUT2D eigenvalue weighted by Crippen LogP contribution is -2.67. The van der Waals surface area contributed by atoms with Crippen LogP contribution in [-0.2, 0) is 85.1 Å². The van der Waals surface area contributed by atoms with Gasteiger partial charge in [-0.1, -0.05) is 188 Å². The molecule has 0 aliphatic carbocycles. The molecule has 11 heteroatoms. The topological polar surface area (TPSA) is 102 Å². The molecule has 3 fully saturated rings. The highest BCUT2D eigenvalue weighted by Crippen LogP contribution is 2.40. The molecule has 11 nitrogen and oxygen atoms in total. The van der Waals surface area contributed by atoms with Crippen molar-refractivity contribution < 1.29 is 52.1 Å². The van der Waals surface area contributed by atoms with Crippen LogP contribution in [0.15, 0.2) is 195 Å². The smallest absolute Gasteiger partial charge is 0.187 e. The zero-order valence-electron chi connectivity index (χ0n) is 38.1. The highest BCUT2D eigenvalue weighted by atomic mass is 16.8. The Labute approximate surface area is 399 Å². The molecular weight excluding hydrogens is 861 g/mol. The molecule has 3 aliphatic heterocycles. The van der Waals surface area contributed by atoms with Gasteiger partial charge in [-0.25, -0.2) is 0 Å². The zero-order chi connectivity index (χ0) is 46.2. The summed E-state index contributed by atoms with van der Waals surface area (Å²) < 4.78 is 75.3. The first-order valence-electron chi connectivity index (χ1n) is 23.4. The SMILES string of the molecule is C=CCOC1O[C@H](COCc2ccccc2)[C@@H](O[C@@H]2O[C@@H]3COC(c4ccccc4)O[C@H]3[C@H](OCc3ccccc3)[C@H]2OCc2ccccc2)[C@H](OCc2ccccc2)[C@H]1OCc1ccccc1. The summed E-state index contributed by atoms with van der Waals surface area (Å²) in [5.74, 6) is 0. The first-order valence-corrected chi connectivity index (χ1v) is 23.4. The third-order valence-corrected chi connectivity index (χ3v) is 12.2. The Morgan fingerprint density at radius 3 is 1.38 bits per heavy atom. The van der Waals surface area contributed by atoms with E-state index in [0.717, 1.165) is 33.4 Å². The van der Waals surface area contributed by atoms with Gasteiger partial charge in [-0.2, -0.15) is 0 Å². The van der Waals surface area contributed by atoms with Gasteiger partial charge in [0.15, 0.2) is 18.9 Å². The number of ether oxygens (including phenoxy) is 11. The van der Waals surface area contributed by atoms with Crippen molar-refractivity contribution in [3.05, 3.63) is 228 Å². The van der Waals surface area contributed by atoms with Crippen molar-refractivity contribution in [2.45, 2.75) is 101 Å². The molecule has 6 aromatic carbocycles. The van der Waals surface area contributed by atoms with Crippen molar-refractivity contribution in [2.24, 2.45) is 0 Å². The maximum absolute atomic E-state index is 7.40. The van der Waals surface area contributed by atoms with E-state index in [9.17, 15) is 0 Å². The van der Waals surface area contributed by atoms with Gasteiger partial charge in [0.25, 0.3) is 0 Å². The van der Waals surface area contributed by atoms with Crippen molar-refractivity contribution >= 4 is 0 Å². The molecule has 0 N–H and O–H groups in total. The normalized spacial score (nSPS) is 27.0. The van der Waals surface area contributed by atoms with Crippen LogP contribution in [0.2, 0.25) is 0 Å². The number of benzene rings is 6. The van der Waals surface area contributed by atoms with Crippen LogP contribution in [0.3, 0.4) is 0 Å². The van der Waals surface area contributed by atoms with Gasteiger partial charge in [0.1, 0.15) is 48.8 Å². The standard InChI is InChI=1S/C57H60O11/c1-2-33-59-56-53(62-37-44-27-15-6-16-28-44)51(60-35-42-23-11-4-12-24-42)49(47(65-56)39-58-34-41-21-9-3-10-22-41)68-57-54(63-38-45-29-17-7-18-30-45)52(61-36-43-25-13-5-14-26-43)50-48(66-57)40-64-55(67-50)46-31-19-8-20-32-46/h2-32,47-57H,1,33-40H2/t47-,48-,49-,50-,51+,52+,53-,54-,55?,56?,57+/m1/s1. The molecule has 2 unspecified atom stereocenters. The van der Waals surface area contributed by atoms with Crippen LogP contribution < -0.4 is 0 Å². The minimum Gasteiger partial charge on any atom is -0.374 e. The van der Waals surface area contributed by atoms with Crippen LogP contribution in [0, 0.1) is 0 Å². The first kappa shape index (κ1) is 47.7. The second kappa shape index (κ2) is 24.8. The van der Waals surface area contributed by atoms with Gasteiger partial charge in [0.05, 0.1) is 52.9 Å². The molecular formula is C57H60O11. The monoisotopic (exact) mass is 920 g/mol. The molecule has 0 spiro atoms. The van der Waals surface area contributed by atoms with Crippen LogP contribution in [0.5, 0.6) is 0 Å². The largest absolute Gasteiger partial charge is 0.374 e. The average molecular weight is 921 g/mol. The van der Waals surface area contributed by atoms with Crippen molar-refractivity contribution in [2.75, 3.05) is 19.8 Å². The van der Waals surface area contributed by atoms with E-state index < -0.39 is 67.7 Å². The van der Waals surface area contributed by atoms with Crippen LogP contribution in [0.25, 0.3) is 0 Å². The summed E-state index contributed by atoms with van der Waals surface area (Å²) >= 11 is 0. The molecule has 0 radical (unpaired) electrons. The molecule has 68 heavy (non-hydrogen) atoms. The molecule has 354 valence electrons. The van der Waals surface area contributed by atoms with Crippen LogP contribution in [-0.4, -0.2) is 81.2 Å². The molecule has 3 saturated heterocycles. The quantitative estimate of drug-likeness (QED) is 0.0609. The highest BCUT2D eigenvalue weighted by Gasteiger charge is 2.56. The number of hydrogen-bond acceptors (Lipinski definition) is 11. The summed E-state index contributed by atoms with van der Waals surface area (Å²) in [5.41, 5.74) is 5.82. The van der Waals surface area contributed by atoms with Gasteiger partial charge in [-0.05, 0) is 27.8 Å². The Morgan fingerprint density at radius 1 is 0.441 bits per heavy atom. The number of hydrogen-bond donors (Lipinski definition) is 0. The molecule has 0 bridgehead atoms. The summed E-state index contributed by atoms with van der Waals surface area (Å²) in [6.07, 6.45) is -6.79. The van der Waals surface area contributed by atoms with E-state index in [1.165, 1.54) is 0 Å². The van der Waals surface area contributed by atoms with E-state index in [2.05, 4.69) is 6.58 Å². The van der Waals surface area contributed by atoms with Crippen LogP contribution >= 0.6 is 0 Å². The van der Waals surface area contributed by atoms with Crippen molar-refractivity contribution in [1.82, 2.24) is 0 Å². The van der Waals surface area contributed by atoms with Crippen molar-refractivity contribution in [3.8, 4) is 0 Å². The maximum Gasteiger partial charge on any atom is 0.187 e. The Hall–Kier alpha value is -5.38. The Kier molecular flexibility index (Phi) is 17.4. The molecule has 3 aliphatic rings. The molecule has 0 amide bonds. The Morgan fingerprint density at radius 2 is 0.882 bits per heavy atom. The number of rotatable bonds is 22. The van der Waals surface area contributed by atoms with E-state index in [4.69, 9.17) is 52.1 Å². The summed E-state index contributed by atoms with van der Waals surface area (Å²) in [5, 5.41) is 0. The van der Waals surface area contributed by atoms with E-state index >= 15 is 0 Å². The summed E-state index contributed by atoms with van der Waals surface area (Å²) in [6.45, 7) is 5.85. The van der Waals surface area contributed by atoms with Crippen LogP contribution in [0.4, 0.5) is 0 Å². The molecule has 11 atom stereocenters. The van der Waals surface area contributed by atoms with Gasteiger partial charge in [-0.15, -0.1) is 6.58 Å². The fraction of sp³-hybridized carbons (Fsp3) is 0.333. The van der Waals surface area contributed by atoms with Crippen molar-refractivity contribution in [1.29, 1.82) is 0 Å². The van der Waals surface area contributed by atoms with Gasteiger partial charge >= 0.3 is 0 Å². The first-order chi connectivity index (χ1) is 33.7. The van der Waals surface area contributed by atoms with Gasteiger partial charge in [0, 0.05) is 5.56 Å². The second-order valence-corrected chi connectivity index (χ2v) is 17.0. The summed E-state index contributed by atoms with van der Waals surface area (Å²) in [7, 11) is 0. The third-order valence-electron chi connectivity index (χ3n) is 12.2. The predicted octanol–water partition coefficient (Wildman–Crippen LogP) is 9.70. The Balaban J connectivity index is 1.09. The molecule has 0 saturated carbocycles. The fourth-order valence-corrected chi connectivity index (χ4v) is 8.73. The predicted molar refractivity (Wildman–Crippen MR) is 255 cm³/mol. The average Bonchev–Trinajstić information content (AvgIpc) is 3.40. The van der Waals surface area contributed by atoms with E-state index in [1.807, 2.05) is 182 Å². The lowest BCUT2D eigenvalue weighted by atomic mass is 9.95. The minimum absolute atomic E-state index is 0.122. The maximum atomic E-state index is 7.40. The molecule has 9 rings (SSSR count). The third kappa shape index (κ3) is 12.8. The Bertz CT molecular complexity index is 2340. The van der Waals surface area contributed by atoms with E-state index in [-0.39, 0.29) is 46.2 Å². The van der Waals surface area contributed by atoms with Crippen LogP contribution in [0.1, 0.15) is 39.7 Å². The minimum atomic E-state index is -1.05. The molecule has 3 heterocycles. The van der Waals surface area contributed by atoms with Gasteiger partial charge in [0.2, 0.25) is 0 Å². The summed E-state index contributed by atoms with van der Waals surface area (Å²) in [6, 6.07) is 60.0. The second-order valence-electron chi connectivity index (χ2n) is 17.0.